The average molecular weight is 245 g/mol. The number of allylic oxidation sites excluding steroid dienone is 2. The minimum absolute atomic E-state index is 0.102. The summed E-state index contributed by atoms with van der Waals surface area (Å²) < 4.78 is 0. The zero-order valence-corrected chi connectivity index (χ0v) is 10.6. The number of nitrogen functional groups attached to an aromatic ring is 1. The second-order valence-corrected chi connectivity index (χ2v) is 3.97. The number of pyridine rings is 1. The Labute approximate surface area is 108 Å². The number of nitrogens with two attached hydrogens (primary N) is 1. The molecular formula is C14H19N3O. The molecule has 0 saturated heterocycles. The number of amides is 1. The van der Waals surface area contributed by atoms with E-state index in [-0.39, 0.29) is 5.91 Å². The minimum atomic E-state index is -0.102. The van der Waals surface area contributed by atoms with Gasteiger partial charge in [0.1, 0.15) is 5.82 Å². The van der Waals surface area contributed by atoms with Crippen molar-refractivity contribution in [3.63, 3.8) is 0 Å². The van der Waals surface area contributed by atoms with Gasteiger partial charge in [0, 0.05) is 0 Å². The van der Waals surface area contributed by atoms with E-state index in [9.17, 15) is 4.79 Å². The Morgan fingerprint density at radius 1 is 1.56 bits per heavy atom. The van der Waals surface area contributed by atoms with Gasteiger partial charge in [-0.3, -0.25) is 4.79 Å². The molecule has 18 heavy (non-hydrogen) atoms. The average Bonchev–Trinajstić information content (AvgIpc) is 2.37. The van der Waals surface area contributed by atoms with Crippen molar-refractivity contribution in [2.75, 3.05) is 11.1 Å². The van der Waals surface area contributed by atoms with Gasteiger partial charge in [0.2, 0.25) is 5.91 Å². The van der Waals surface area contributed by atoms with E-state index in [0.29, 0.717) is 17.9 Å². The fourth-order valence-electron chi connectivity index (χ4n) is 1.41. The van der Waals surface area contributed by atoms with Crippen LogP contribution in [-0.2, 0) is 4.79 Å². The molecule has 0 spiro atoms. The second-order valence-electron chi connectivity index (χ2n) is 3.97. The summed E-state index contributed by atoms with van der Waals surface area (Å²) in [6.07, 6.45) is 7.58. The van der Waals surface area contributed by atoms with Crippen LogP contribution in [-0.4, -0.2) is 10.9 Å². The molecule has 4 heteroatoms. The molecular weight excluding hydrogens is 226 g/mol. The highest BCUT2D eigenvalue weighted by Crippen LogP contribution is 2.10. The van der Waals surface area contributed by atoms with Gasteiger partial charge in [-0.1, -0.05) is 32.1 Å². The maximum atomic E-state index is 11.8. The summed E-state index contributed by atoms with van der Waals surface area (Å²) in [5, 5.41) is 2.72. The SMILES string of the molecule is C=C/C(=C\CCC)CC(=O)Nc1ccc(N)cn1. The summed E-state index contributed by atoms with van der Waals surface area (Å²) in [4.78, 5) is 15.8. The van der Waals surface area contributed by atoms with Gasteiger partial charge in [-0.25, -0.2) is 4.98 Å². The van der Waals surface area contributed by atoms with Crippen LogP contribution in [0.1, 0.15) is 26.2 Å². The normalized spacial score (nSPS) is 11.1. The smallest absolute Gasteiger partial charge is 0.229 e. The van der Waals surface area contributed by atoms with Crippen molar-refractivity contribution in [2.45, 2.75) is 26.2 Å². The summed E-state index contributed by atoms with van der Waals surface area (Å²) in [6.45, 7) is 5.80. The molecule has 1 aromatic rings. The molecule has 1 rings (SSSR count). The number of hydrogen-bond acceptors (Lipinski definition) is 3. The molecule has 0 radical (unpaired) electrons. The molecule has 1 heterocycles. The van der Waals surface area contributed by atoms with Crippen LogP contribution in [0.25, 0.3) is 0 Å². The van der Waals surface area contributed by atoms with E-state index in [0.717, 1.165) is 18.4 Å². The van der Waals surface area contributed by atoms with Crippen molar-refractivity contribution in [1.29, 1.82) is 0 Å². The maximum absolute atomic E-state index is 11.8. The lowest BCUT2D eigenvalue weighted by molar-refractivity contribution is -0.115. The number of hydrogen-bond donors (Lipinski definition) is 2. The van der Waals surface area contributed by atoms with E-state index >= 15 is 0 Å². The third-order valence-electron chi connectivity index (χ3n) is 2.38. The van der Waals surface area contributed by atoms with E-state index in [1.807, 2.05) is 6.08 Å². The number of anilines is 2. The summed E-state index contributed by atoms with van der Waals surface area (Å²) in [7, 11) is 0. The third kappa shape index (κ3) is 4.82. The fourth-order valence-corrected chi connectivity index (χ4v) is 1.41. The van der Waals surface area contributed by atoms with Gasteiger partial charge >= 0.3 is 0 Å². The van der Waals surface area contributed by atoms with E-state index in [1.54, 1.807) is 18.2 Å². The number of carbonyl (C=O) groups is 1. The monoisotopic (exact) mass is 245 g/mol. The van der Waals surface area contributed by atoms with Crippen LogP contribution in [0, 0.1) is 0 Å². The van der Waals surface area contributed by atoms with Crippen molar-refractivity contribution >= 4 is 17.4 Å². The standard InChI is InChI=1S/C14H19N3O/c1-3-5-6-11(4-2)9-14(18)17-13-8-7-12(15)10-16-13/h4,6-8,10H,2-3,5,9,15H2,1H3,(H,16,17,18)/b11-6+. The van der Waals surface area contributed by atoms with Gasteiger partial charge < -0.3 is 11.1 Å². The Morgan fingerprint density at radius 2 is 2.33 bits per heavy atom. The molecule has 4 nitrogen and oxygen atoms in total. The highest BCUT2D eigenvalue weighted by atomic mass is 16.1. The molecule has 96 valence electrons. The molecule has 0 fully saturated rings. The molecule has 0 aliphatic rings. The quantitative estimate of drug-likeness (QED) is 0.757. The van der Waals surface area contributed by atoms with Crippen LogP contribution in [0.4, 0.5) is 11.5 Å². The lowest BCUT2D eigenvalue weighted by Crippen LogP contribution is -2.12. The second kappa shape index (κ2) is 7.27. The van der Waals surface area contributed by atoms with Crippen LogP contribution < -0.4 is 11.1 Å². The maximum Gasteiger partial charge on any atom is 0.229 e. The summed E-state index contributed by atoms with van der Waals surface area (Å²) >= 11 is 0. The van der Waals surface area contributed by atoms with Crippen molar-refractivity contribution in [2.24, 2.45) is 0 Å². The molecule has 0 aromatic carbocycles. The lowest BCUT2D eigenvalue weighted by atomic mass is 10.1. The van der Waals surface area contributed by atoms with Crippen molar-refractivity contribution < 1.29 is 4.79 Å². The largest absolute Gasteiger partial charge is 0.397 e. The molecule has 0 bridgehead atoms. The van der Waals surface area contributed by atoms with Gasteiger partial charge in [0.25, 0.3) is 0 Å². The first-order valence-corrected chi connectivity index (χ1v) is 5.98. The molecule has 0 saturated carbocycles. The van der Waals surface area contributed by atoms with Gasteiger partial charge in [0.05, 0.1) is 18.3 Å². The van der Waals surface area contributed by atoms with Crippen LogP contribution in [0.5, 0.6) is 0 Å². The summed E-state index contributed by atoms with van der Waals surface area (Å²) in [5.74, 6) is 0.405. The van der Waals surface area contributed by atoms with Crippen LogP contribution >= 0.6 is 0 Å². The van der Waals surface area contributed by atoms with Crippen LogP contribution in [0.2, 0.25) is 0 Å². The van der Waals surface area contributed by atoms with Gasteiger partial charge in [-0.2, -0.15) is 0 Å². The predicted molar refractivity (Wildman–Crippen MR) is 75.1 cm³/mol. The summed E-state index contributed by atoms with van der Waals surface area (Å²) in [6, 6.07) is 3.38. The van der Waals surface area contributed by atoms with Crippen molar-refractivity contribution in [1.82, 2.24) is 4.98 Å². The Bertz CT molecular complexity index is 435. The first-order valence-electron chi connectivity index (χ1n) is 5.98. The van der Waals surface area contributed by atoms with E-state index < -0.39 is 0 Å². The summed E-state index contributed by atoms with van der Waals surface area (Å²) in [5.41, 5.74) is 7.02. The predicted octanol–water partition coefficient (Wildman–Crippen LogP) is 2.90. The molecule has 1 aromatic heterocycles. The molecule has 0 aliphatic carbocycles. The molecule has 0 aliphatic heterocycles. The van der Waals surface area contributed by atoms with Gasteiger partial charge in [-0.05, 0) is 24.1 Å². The van der Waals surface area contributed by atoms with Crippen LogP contribution in [0.15, 0.2) is 42.6 Å². The Morgan fingerprint density at radius 3 is 2.89 bits per heavy atom. The van der Waals surface area contributed by atoms with E-state index in [2.05, 4.69) is 23.8 Å². The number of carbonyl (C=O) groups excluding carboxylic acids is 1. The molecule has 0 unspecified atom stereocenters. The number of nitrogens with zero attached hydrogens (tertiary/aromatic N) is 1. The fraction of sp³-hybridized carbons (Fsp3) is 0.286. The number of nitrogens with one attached hydrogen (secondary N) is 1. The highest BCUT2D eigenvalue weighted by molar-refractivity contribution is 5.91. The Hall–Kier alpha value is -2.10. The zero-order chi connectivity index (χ0) is 13.4. The van der Waals surface area contributed by atoms with Gasteiger partial charge in [0.15, 0.2) is 0 Å². The number of unbranched alkanes of at least 4 members (excludes halogenated alkanes) is 1. The van der Waals surface area contributed by atoms with Crippen LogP contribution in [0.3, 0.4) is 0 Å². The van der Waals surface area contributed by atoms with E-state index in [1.165, 1.54) is 6.20 Å². The topological polar surface area (TPSA) is 68.0 Å². The first kappa shape index (κ1) is 14.0. The van der Waals surface area contributed by atoms with Crippen molar-refractivity contribution in [3.05, 3.63) is 42.6 Å². The van der Waals surface area contributed by atoms with E-state index in [4.69, 9.17) is 5.73 Å². The molecule has 0 atom stereocenters. The highest BCUT2D eigenvalue weighted by Gasteiger charge is 2.04. The zero-order valence-electron chi connectivity index (χ0n) is 10.6. The Kier molecular flexibility index (Phi) is 5.64. The molecule has 3 N–H and O–H groups in total. The lowest BCUT2D eigenvalue weighted by Gasteiger charge is -2.05. The van der Waals surface area contributed by atoms with Crippen molar-refractivity contribution in [3.8, 4) is 0 Å². The number of rotatable bonds is 6. The number of aromatic nitrogens is 1. The Balaban J connectivity index is 2.55. The van der Waals surface area contributed by atoms with Gasteiger partial charge in [-0.15, -0.1) is 0 Å². The molecule has 1 amide bonds. The minimum Gasteiger partial charge on any atom is -0.397 e. The first-order chi connectivity index (χ1) is 8.65. The third-order valence-corrected chi connectivity index (χ3v) is 2.38.